The monoisotopic (exact) mass is 343 g/mol. The molecule has 1 aromatic carbocycles. The molecule has 0 unspecified atom stereocenters. The lowest BCUT2D eigenvalue weighted by Crippen LogP contribution is -2.53. The highest BCUT2D eigenvalue weighted by molar-refractivity contribution is 5.90. The molecule has 0 bridgehead atoms. The Labute approximate surface area is 146 Å². The number of rotatable bonds is 3. The molecule has 1 aliphatic heterocycles. The van der Waals surface area contributed by atoms with Gasteiger partial charge in [0, 0.05) is 30.3 Å². The topological polar surface area (TPSA) is 72.8 Å². The van der Waals surface area contributed by atoms with Crippen LogP contribution >= 0.6 is 0 Å². The number of benzene rings is 1. The predicted octanol–water partition coefficient (Wildman–Crippen LogP) is 2.27. The van der Waals surface area contributed by atoms with E-state index >= 15 is 0 Å². The summed E-state index contributed by atoms with van der Waals surface area (Å²) in [5.74, 6) is -0.473. The van der Waals surface area contributed by atoms with Crippen LogP contribution in [0.5, 0.6) is 0 Å². The van der Waals surface area contributed by atoms with E-state index in [0.717, 1.165) is 5.69 Å². The molecular formula is C18H21N3O4. The van der Waals surface area contributed by atoms with E-state index in [0.29, 0.717) is 12.2 Å². The van der Waals surface area contributed by atoms with Gasteiger partial charge in [0.2, 0.25) is 0 Å². The van der Waals surface area contributed by atoms with Crippen molar-refractivity contribution in [2.75, 3.05) is 25.5 Å². The van der Waals surface area contributed by atoms with E-state index in [9.17, 15) is 9.59 Å². The molecule has 0 spiro atoms. The summed E-state index contributed by atoms with van der Waals surface area (Å²) in [6.07, 6.45) is 2.87. The molecule has 1 aliphatic rings. The van der Waals surface area contributed by atoms with Gasteiger partial charge in [0.15, 0.2) is 6.10 Å². The van der Waals surface area contributed by atoms with Crippen molar-refractivity contribution < 1.29 is 19.1 Å². The Kier molecular flexibility index (Phi) is 5.04. The molecule has 1 aromatic heterocycles. The van der Waals surface area contributed by atoms with Gasteiger partial charge in [-0.25, -0.2) is 9.59 Å². The highest BCUT2D eigenvalue weighted by Gasteiger charge is 2.33. The summed E-state index contributed by atoms with van der Waals surface area (Å²) in [6, 6.07) is 11.2. The molecule has 7 nitrogen and oxygen atoms in total. The number of carbonyl (C=O) groups is 2. The Morgan fingerprint density at radius 2 is 1.96 bits per heavy atom. The van der Waals surface area contributed by atoms with E-state index in [-0.39, 0.29) is 18.7 Å². The Morgan fingerprint density at radius 1 is 1.20 bits per heavy atom. The zero-order valence-corrected chi connectivity index (χ0v) is 14.2. The second kappa shape index (κ2) is 7.40. The first-order chi connectivity index (χ1) is 12.1. The molecule has 1 N–H and O–H groups in total. The van der Waals surface area contributed by atoms with Gasteiger partial charge in [0.25, 0.3) is 0 Å². The molecule has 2 aromatic rings. The normalized spacial score (nSPS) is 20.2. The quantitative estimate of drug-likeness (QED) is 0.868. The fourth-order valence-corrected chi connectivity index (χ4v) is 2.83. The smallest absolute Gasteiger partial charge is 0.336 e. The number of aromatic nitrogens is 1. The molecule has 132 valence electrons. The van der Waals surface area contributed by atoms with Crippen LogP contribution in [0.4, 0.5) is 10.5 Å². The minimum Gasteiger partial charge on any atom is -0.467 e. The summed E-state index contributed by atoms with van der Waals surface area (Å²) in [4.78, 5) is 25.8. The maximum absolute atomic E-state index is 12.6. The number of carbonyl (C=O) groups excluding carboxylic acids is 2. The average molecular weight is 343 g/mol. The minimum absolute atomic E-state index is 0.167. The molecule has 0 radical (unpaired) electrons. The lowest BCUT2D eigenvalue weighted by molar-refractivity contribution is -0.163. The molecule has 0 aliphatic carbocycles. The first-order valence-corrected chi connectivity index (χ1v) is 8.09. The van der Waals surface area contributed by atoms with E-state index in [4.69, 9.17) is 9.47 Å². The number of anilines is 1. The van der Waals surface area contributed by atoms with Crippen molar-refractivity contribution in [2.24, 2.45) is 0 Å². The summed E-state index contributed by atoms with van der Waals surface area (Å²) in [5.41, 5.74) is 1.63. The first-order valence-electron chi connectivity index (χ1n) is 8.09. The third kappa shape index (κ3) is 4.00. The summed E-state index contributed by atoms with van der Waals surface area (Å²) < 4.78 is 12.2. The standard InChI is InChI=1S/C18H21N3O4/c1-13-11-21(12-16(25-13)17(22)24-2)18(23)19-14-6-5-7-15(10-14)20-8-3-4-9-20/h3-10,13,16H,11-12H2,1-2H3,(H,19,23)/t13-,16-/m1/s1. The molecular weight excluding hydrogens is 322 g/mol. The van der Waals surface area contributed by atoms with Gasteiger partial charge < -0.3 is 24.3 Å². The van der Waals surface area contributed by atoms with Gasteiger partial charge in [-0.2, -0.15) is 0 Å². The van der Waals surface area contributed by atoms with E-state index in [1.54, 1.807) is 4.90 Å². The lowest BCUT2D eigenvalue weighted by atomic mass is 10.2. The average Bonchev–Trinajstić information content (AvgIpc) is 3.15. The molecule has 1 fully saturated rings. The number of ether oxygens (including phenoxy) is 2. The van der Waals surface area contributed by atoms with Crippen molar-refractivity contribution in [1.82, 2.24) is 9.47 Å². The predicted molar refractivity (Wildman–Crippen MR) is 92.7 cm³/mol. The Balaban J connectivity index is 1.69. The summed E-state index contributed by atoms with van der Waals surface area (Å²) in [7, 11) is 1.31. The number of morpholine rings is 1. The molecule has 25 heavy (non-hydrogen) atoms. The highest BCUT2D eigenvalue weighted by Crippen LogP contribution is 2.17. The van der Waals surface area contributed by atoms with E-state index in [1.807, 2.05) is 60.3 Å². The third-order valence-corrected chi connectivity index (χ3v) is 4.01. The van der Waals surface area contributed by atoms with Crippen LogP contribution in [0, 0.1) is 0 Å². The molecule has 2 atom stereocenters. The molecule has 1 saturated heterocycles. The summed E-state index contributed by atoms with van der Waals surface area (Å²) >= 11 is 0. The molecule has 0 saturated carbocycles. The number of methoxy groups -OCH3 is 1. The maximum Gasteiger partial charge on any atom is 0.336 e. The van der Waals surface area contributed by atoms with Crippen molar-refractivity contribution in [2.45, 2.75) is 19.1 Å². The number of amides is 2. The van der Waals surface area contributed by atoms with Crippen molar-refractivity contribution in [1.29, 1.82) is 0 Å². The number of nitrogens with one attached hydrogen (secondary N) is 1. The number of urea groups is 1. The van der Waals surface area contributed by atoms with Crippen LogP contribution in [-0.4, -0.2) is 53.9 Å². The number of hydrogen-bond acceptors (Lipinski definition) is 4. The van der Waals surface area contributed by atoms with Gasteiger partial charge in [0.05, 0.1) is 19.8 Å². The molecule has 7 heteroatoms. The largest absolute Gasteiger partial charge is 0.467 e. The zero-order valence-electron chi connectivity index (χ0n) is 14.2. The van der Waals surface area contributed by atoms with Gasteiger partial charge in [-0.1, -0.05) is 6.07 Å². The second-order valence-electron chi connectivity index (χ2n) is 5.93. The van der Waals surface area contributed by atoms with Crippen molar-refractivity contribution in [3.05, 3.63) is 48.8 Å². The van der Waals surface area contributed by atoms with Gasteiger partial charge >= 0.3 is 12.0 Å². The van der Waals surface area contributed by atoms with Crippen LogP contribution in [0.1, 0.15) is 6.92 Å². The summed E-state index contributed by atoms with van der Waals surface area (Å²) in [5, 5.41) is 2.88. The molecule has 3 rings (SSSR count). The SMILES string of the molecule is COC(=O)[C@H]1CN(C(=O)Nc2cccc(-n3cccc3)c2)C[C@@H](C)O1. The van der Waals surface area contributed by atoms with Crippen molar-refractivity contribution >= 4 is 17.7 Å². The van der Waals surface area contributed by atoms with Gasteiger partial charge in [0.1, 0.15) is 0 Å². The molecule has 2 amide bonds. The lowest BCUT2D eigenvalue weighted by Gasteiger charge is -2.35. The van der Waals surface area contributed by atoms with E-state index < -0.39 is 12.1 Å². The number of nitrogens with zero attached hydrogens (tertiary/aromatic N) is 2. The first kappa shape index (κ1) is 17.0. The van der Waals surface area contributed by atoms with E-state index in [2.05, 4.69) is 5.32 Å². The van der Waals surface area contributed by atoms with Gasteiger partial charge in [-0.15, -0.1) is 0 Å². The highest BCUT2D eigenvalue weighted by atomic mass is 16.6. The Morgan fingerprint density at radius 3 is 2.68 bits per heavy atom. The fourth-order valence-electron chi connectivity index (χ4n) is 2.83. The second-order valence-corrected chi connectivity index (χ2v) is 5.93. The van der Waals surface area contributed by atoms with Crippen LogP contribution in [0.3, 0.4) is 0 Å². The van der Waals surface area contributed by atoms with Gasteiger partial charge in [-0.3, -0.25) is 0 Å². The van der Waals surface area contributed by atoms with Crippen molar-refractivity contribution in [3.63, 3.8) is 0 Å². The maximum atomic E-state index is 12.6. The number of hydrogen-bond donors (Lipinski definition) is 1. The fraction of sp³-hybridized carbons (Fsp3) is 0.333. The molecule has 2 heterocycles. The number of esters is 1. The van der Waals surface area contributed by atoms with Crippen LogP contribution in [-0.2, 0) is 14.3 Å². The van der Waals surface area contributed by atoms with Gasteiger partial charge in [-0.05, 0) is 37.3 Å². The summed E-state index contributed by atoms with van der Waals surface area (Å²) in [6.45, 7) is 2.40. The van der Waals surface area contributed by atoms with Crippen LogP contribution in [0.25, 0.3) is 5.69 Å². The zero-order chi connectivity index (χ0) is 17.8. The van der Waals surface area contributed by atoms with Crippen LogP contribution in [0.2, 0.25) is 0 Å². The minimum atomic E-state index is -0.759. The Hall–Kier alpha value is -2.80. The van der Waals surface area contributed by atoms with E-state index in [1.165, 1.54) is 7.11 Å². The van der Waals surface area contributed by atoms with Crippen LogP contribution < -0.4 is 5.32 Å². The van der Waals surface area contributed by atoms with Crippen molar-refractivity contribution in [3.8, 4) is 5.69 Å². The van der Waals surface area contributed by atoms with Crippen LogP contribution in [0.15, 0.2) is 48.8 Å². The Bertz CT molecular complexity index is 745. The third-order valence-electron chi connectivity index (χ3n) is 4.01.